The minimum atomic E-state index is 0.254. The van der Waals surface area contributed by atoms with Crippen LogP contribution in [-0.2, 0) is 0 Å². The average molecular weight is 127 g/mol. The summed E-state index contributed by atoms with van der Waals surface area (Å²) in [5, 5.41) is 11.9. The molecule has 0 amide bonds. The Balaban J connectivity index is 2.29. The first-order chi connectivity index (χ1) is 4.43. The number of hydrogen-bond acceptors (Lipinski definition) is 2. The summed E-state index contributed by atoms with van der Waals surface area (Å²) in [5.74, 6) is 0. The second kappa shape index (κ2) is 3.64. The van der Waals surface area contributed by atoms with E-state index in [9.17, 15) is 0 Å². The van der Waals surface area contributed by atoms with Crippen LogP contribution in [0.1, 0.15) is 12.8 Å². The second-order valence-electron chi connectivity index (χ2n) is 2.33. The molecule has 0 aromatic carbocycles. The van der Waals surface area contributed by atoms with E-state index in [0.717, 1.165) is 19.4 Å². The van der Waals surface area contributed by atoms with Gasteiger partial charge in [0.2, 0.25) is 0 Å². The highest BCUT2D eigenvalue weighted by atomic mass is 16.3. The minimum absolute atomic E-state index is 0.254. The Morgan fingerprint density at radius 1 is 1.56 bits per heavy atom. The zero-order chi connectivity index (χ0) is 6.53. The highest BCUT2D eigenvalue weighted by Crippen LogP contribution is 1.98. The van der Waals surface area contributed by atoms with Crippen molar-refractivity contribution in [2.75, 3.05) is 13.2 Å². The summed E-state index contributed by atoms with van der Waals surface area (Å²) in [6, 6.07) is 0.295. The molecule has 1 heterocycles. The van der Waals surface area contributed by atoms with Crippen molar-refractivity contribution >= 4 is 0 Å². The summed E-state index contributed by atoms with van der Waals surface area (Å²) in [5.41, 5.74) is 0. The molecule has 0 radical (unpaired) electrons. The van der Waals surface area contributed by atoms with Crippen LogP contribution in [0.15, 0.2) is 12.2 Å². The lowest BCUT2D eigenvalue weighted by molar-refractivity contribution is 0.245. The van der Waals surface area contributed by atoms with Crippen molar-refractivity contribution in [2.45, 2.75) is 18.9 Å². The molecule has 2 N–H and O–H groups in total. The third kappa shape index (κ3) is 2.16. The van der Waals surface area contributed by atoms with Gasteiger partial charge in [0.15, 0.2) is 0 Å². The second-order valence-corrected chi connectivity index (χ2v) is 2.33. The van der Waals surface area contributed by atoms with Crippen molar-refractivity contribution in [1.82, 2.24) is 5.32 Å². The van der Waals surface area contributed by atoms with Gasteiger partial charge in [-0.05, 0) is 19.4 Å². The van der Waals surface area contributed by atoms with E-state index in [1.54, 1.807) is 0 Å². The van der Waals surface area contributed by atoms with Gasteiger partial charge >= 0.3 is 0 Å². The molecular weight excluding hydrogens is 114 g/mol. The number of nitrogens with one attached hydrogen (secondary N) is 1. The fourth-order valence-corrected chi connectivity index (χ4v) is 0.972. The average Bonchev–Trinajstić information content (AvgIpc) is 2.13. The first-order valence-corrected chi connectivity index (χ1v) is 3.42. The summed E-state index contributed by atoms with van der Waals surface area (Å²) >= 11 is 0. The van der Waals surface area contributed by atoms with Gasteiger partial charge in [0, 0.05) is 6.04 Å². The maximum atomic E-state index is 8.72. The summed E-state index contributed by atoms with van der Waals surface area (Å²) in [4.78, 5) is 0. The Bertz CT molecular complexity index is 101. The Kier molecular flexibility index (Phi) is 2.74. The summed E-state index contributed by atoms with van der Waals surface area (Å²) < 4.78 is 0. The van der Waals surface area contributed by atoms with E-state index in [1.165, 1.54) is 0 Å². The summed E-state index contributed by atoms with van der Waals surface area (Å²) in [6.07, 6.45) is 6.34. The largest absolute Gasteiger partial charge is 0.395 e. The third-order valence-electron chi connectivity index (χ3n) is 1.55. The minimum Gasteiger partial charge on any atom is -0.395 e. The van der Waals surface area contributed by atoms with Gasteiger partial charge in [0.05, 0.1) is 6.61 Å². The molecule has 2 nitrogen and oxygen atoms in total. The van der Waals surface area contributed by atoms with Crippen molar-refractivity contribution < 1.29 is 5.11 Å². The van der Waals surface area contributed by atoms with Crippen LogP contribution in [0.3, 0.4) is 0 Å². The molecule has 52 valence electrons. The van der Waals surface area contributed by atoms with Gasteiger partial charge in [-0.15, -0.1) is 0 Å². The van der Waals surface area contributed by atoms with Gasteiger partial charge < -0.3 is 10.4 Å². The lowest BCUT2D eigenvalue weighted by Crippen LogP contribution is -2.31. The number of aliphatic hydroxyl groups excluding tert-OH is 1. The Morgan fingerprint density at radius 2 is 2.44 bits per heavy atom. The predicted molar refractivity (Wildman–Crippen MR) is 37.3 cm³/mol. The SMILES string of the molecule is OC[C@@H]1CC=CCCN1. The third-order valence-corrected chi connectivity index (χ3v) is 1.55. The Morgan fingerprint density at radius 3 is 3.22 bits per heavy atom. The van der Waals surface area contributed by atoms with E-state index in [2.05, 4.69) is 17.5 Å². The van der Waals surface area contributed by atoms with Crippen LogP contribution in [-0.4, -0.2) is 24.3 Å². The van der Waals surface area contributed by atoms with Crippen molar-refractivity contribution in [3.8, 4) is 0 Å². The maximum absolute atomic E-state index is 8.72. The fourth-order valence-electron chi connectivity index (χ4n) is 0.972. The van der Waals surface area contributed by atoms with Gasteiger partial charge in [0.25, 0.3) is 0 Å². The lowest BCUT2D eigenvalue weighted by atomic mass is 10.2. The summed E-state index contributed by atoms with van der Waals surface area (Å²) in [7, 11) is 0. The standard InChI is InChI=1S/C7H13NO/c9-6-7-4-2-1-3-5-8-7/h1-2,7-9H,3-6H2/t7-/m0/s1. The fraction of sp³-hybridized carbons (Fsp3) is 0.714. The molecule has 9 heavy (non-hydrogen) atoms. The van der Waals surface area contributed by atoms with E-state index >= 15 is 0 Å². The molecule has 0 saturated carbocycles. The van der Waals surface area contributed by atoms with Gasteiger partial charge in [-0.2, -0.15) is 0 Å². The first kappa shape index (κ1) is 6.78. The normalized spacial score (nSPS) is 27.9. The molecule has 1 atom stereocenters. The molecule has 0 aliphatic carbocycles. The molecule has 0 bridgehead atoms. The summed E-state index contributed by atoms with van der Waals surface area (Å²) in [6.45, 7) is 1.26. The van der Waals surface area contributed by atoms with Crippen LogP contribution in [0.5, 0.6) is 0 Å². The van der Waals surface area contributed by atoms with Gasteiger partial charge in [0.1, 0.15) is 0 Å². The molecule has 0 spiro atoms. The topological polar surface area (TPSA) is 32.3 Å². The van der Waals surface area contributed by atoms with E-state index in [1.807, 2.05) is 0 Å². The van der Waals surface area contributed by atoms with E-state index in [4.69, 9.17) is 5.11 Å². The molecular formula is C7H13NO. The molecule has 0 unspecified atom stereocenters. The van der Waals surface area contributed by atoms with Crippen LogP contribution in [0.2, 0.25) is 0 Å². The number of aliphatic hydroxyl groups is 1. The van der Waals surface area contributed by atoms with Crippen LogP contribution in [0, 0.1) is 0 Å². The van der Waals surface area contributed by atoms with Gasteiger partial charge in [-0.1, -0.05) is 12.2 Å². The van der Waals surface area contributed by atoms with E-state index < -0.39 is 0 Å². The smallest absolute Gasteiger partial charge is 0.0587 e. The number of hydrogen-bond donors (Lipinski definition) is 2. The Hall–Kier alpha value is -0.340. The highest BCUT2D eigenvalue weighted by molar-refractivity contribution is 4.90. The van der Waals surface area contributed by atoms with Crippen molar-refractivity contribution in [3.63, 3.8) is 0 Å². The lowest BCUT2D eigenvalue weighted by Gasteiger charge is -2.10. The van der Waals surface area contributed by atoms with Gasteiger partial charge in [-0.25, -0.2) is 0 Å². The number of rotatable bonds is 1. The molecule has 1 aliphatic heterocycles. The van der Waals surface area contributed by atoms with Crippen LogP contribution in [0.4, 0.5) is 0 Å². The van der Waals surface area contributed by atoms with E-state index in [-0.39, 0.29) is 6.61 Å². The Labute approximate surface area is 55.6 Å². The van der Waals surface area contributed by atoms with Crippen LogP contribution in [0.25, 0.3) is 0 Å². The quantitative estimate of drug-likeness (QED) is 0.496. The molecule has 1 aliphatic rings. The van der Waals surface area contributed by atoms with Crippen molar-refractivity contribution in [1.29, 1.82) is 0 Å². The zero-order valence-corrected chi connectivity index (χ0v) is 5.51. The van der Waals surface area contributed by atoms with E-state index in [0.29, 0.717) is 6.04 Å². The monoisotopic (exact) mass is 127 g/mol. The molecule has 0 fully saturated rings. The maximum Gasteiger partial charge on any atom is 0.0587 e. The van der Waals surface area contributed by atoms with Crippen LogP contribution < -0.4 is 5.32 Å². The first-order valence-electron chi connectivity index (χ1n) is 3.42. The van der Waals surface area contributed by atoms with Crippen LogP contribution >= 0.6 is 0 Å². The van der Waals surface area contributed by atoms with Gasteiger partial charge in [-0.3, -0.25) is 0 Å². The molecule has 1 rings (SSSR count). The van der Waals surface area contributed by atoms with Crippen molar-refractivity contribution in [3.05, 3.63) is 12.2 Å². The molecule has 2 heteroatoms. The highest BCUT2D eigenvalue weighted by Gasteiger charge is 2.04. The molecule has 0 saturated heterocycles. The predicted octanol–water partition coefficient (Wildman–Crippen LogP) is 0.287. The molecule has 0 aromatic heterocycles. The van der Waals surface area contributed by atoms with Crippen molar-refractivity contribution in [2.24, 2.45) is 0 Å². The molecule has 0 aromatic rings. The zero-order valence-electron chi connectivity index (χ0n) is 5.51.